The van der Waals surface area contributed by atoms with Crippen LogP contribution in [0.5, 0.6) is 0 Å². The van der Waals surface area contributed by atoms with Crippen LogP contribution in [0.2, 0.25) is 0 Å². The Hall–Kier alpha value is -2.66. The number of nitrogens with one attached hydrogen (secondary N) is 1. The number of carbonyl (C=O) groups is 2. The molecule has 0 radical (unpaired) electrons. The molecule has 2 amide bonds. The SMILES string of the molecule is O=C1c2ccccc2C(=O)N1[C@H]1C[C@H](Nc2ccccc2)CC[C@@H]1O. The van der Waals surface area contributed by atoms with Crippen molar-refractivity contribution < 1.29 is 14.7 Å². The highest BCUT2D eigenvalue weighted by molar-refractivity contribution is 6.21. The molecule has 0 aromatic heterocycles. The number of para-hydroxylation sites is 1. The minimum Gasteiger partial charge on any atom is -0.391 e. The summed E-state index contributed by atoms with van der Waals surface area (Å²) in [4.78, 5) is 26.6. The molecule has 3 atom stereocenters. The second-order valence-electron chi connectivity index (χ2n) is 6.68. The summed E-state index contributed by atoms with van der Waals surface area (Å²) in [6.45, 7) is 0. The summed E-state index contributed by atoms with van der Waals surface area (Å²) in [5, 5.41) is 13.9. The van der Waals surface area contributed by atoms with Gasteiger partial charge in [-0.15, -0.1) is 0 Å². The van der Waals surface area contributed by atoms with E-state index in [9.17, 15) is 14.7 Å². The molecule has 0 spiro atoms. The number of benzene rings is 2. The van der Waals surface area contributed by atoms with E-state index in [1.165, 1.54) is 4.90 Å². The maximum atomic E-state index is 12.7. The number of amides is 2. The predicted molar refractivity (Wildman–Crippen MR) is 94.4 cm³/mol. The first-order valence-corrected chi connectivity index (χ1v) is 8.61. The molecule has 0 saturated heterocycles. The molecule has 128 valence electrons. The minimum absolute atomic E-state index is 0.111. The molecule has 1 saturated carbocycles. The lowest BCUT2D eigenvalue weighted by molar-refractivity contribution is 0.0185. The average molecular weight is 336 g/mol. The lowest BCUT2D eigenvalue weighted by atomic mass is 9.87. The first kappa shape index (κ1) is 15.8. The fourth-order valence-electron chi connectivity index (χ4n) is 3.82. The lowest BCUT2D eigenvalue weighted by Crippen LogP contribution is -2.52. The van der Waals surface area contributed by atoms with E-state index in [-0.39, 0.29) is 17.9 Å². The molecular formula is C20H20N2O3. The van der Waals surface area contributed by atoms with Crippen molar-refractivity contribution >= 4 is 17.5 Å². The lowest BCUT2D eigenvalue weighted by Gasteiger charge is -2.38. The zero-order valence-electron chi connectivity index (χ0n) is 13.8. The Morgan fingerprint density at radius 2 is 1.48 bits per heavy atom. The molecule has 0 unspecified atom stereocenters. The van der Waals surface area contributed by atoms with Gasteiger partial charge in [-0.2, -0.15) is 0 Å². The molecule has 1 aliphatic carbocycles. The van der Waals surface area contributed by atoms with Crippen LogP contribution in [0.25, 0.3) is 0 Å². The van der Waals surface area contributed by atoms with E-state index in [1.807, 2.05) is 30.3 Å². The van der Waals surface area contributed by atoms with Crippen molar-refractivity contribution in [3.63, 3.8) is 0 Å². The maximum absolute atomic E-state index is 12.7. The Labute approximate surface area is 146 Å². The molecule has 4 rings (SSSR count). The van der Waals surface area contributed by atoms with Gasteiger partial charge in [-0.3, -0.25) is 14.5 Å². The molecule has 0 bridgehead atoms. The highest BCUT2D eigenvalue weighted by Crippen LogP contribution is 2.32. The van der Waals surface area contributed by atoms with Crippen molar-refractivity contribution in [1.82, 2.24) is 4.90 Å². The fourth-order valence-corrected chi connectivity index (χ4v) is 3.82. The molecule has 2 aromatic carbocycles. The first-order chi connectivity index (χ1) is 12.1. The highest BCUT2D eigenvalue weighted by Gasteiger charge is 2.44. The number of aliphatic hydroxyl groups excluding tert-OH is 1. The van der Waals surface area contributed by atoms with Gasteiger partial charge in [0.1, 0.15) is 0 Å². The summed E-state index contributed by atoms with van der Waals surface area (Å²) >= 11 is 0. The zero-order valence-corrected chi connectivity index (χ0v) is 13.8. The Morgan fingerprint density at radius 3 is 2.12 bits per heavy atom. The number of imide groups is 1. The molecule has 1 aliphatic heterocycles. The van der Waals surface area contributed by atoms with Crippen LogP contribution in [0, 0.1) is 0 Å². The van der Waals surface area contributed by atoms with Crippen LogP contribution in [-0.2, 0) is 0 Å². The molecular weight excluding hydrogens is 316 g/mol. The summed E-state index contributed by atoms with van der Waals surface area (Å²) in [6, 6.07) is 16.3. The van der Waals surface area contributed by atoms with Crippen LogP contribution in [0.1, 0.15) is 40.0 Å². The molecule has 5 nitrogen and oxygen atoms in total. The largest absolute Gasteiger partial charge is 0.391 e. The maximum Gasteiger partial charge on any atom is 0.261 e. The summed E-state index contributed by atoms with van der Waals surface area (Å²) in [5.41, 5.74) is 1.86. The molecule has 25 heavy (non-hydrogen) atoms. The standard InChI is InChI=1S/C20H20N2O3/c23-18-11-10-14(21-13-6-2-1-3-7-13)12-17(18)22-19(24)15-8-4-5-9-16(15)20(22)25/h1-9,14,17-18,21,23H,10-12H2/t14-,17+,18+/m1/s1. The van der Waals surface area contributed by atoms with Crippen molar-refractivity contribution in [2.45, 2.75) is 37.5 Å². The fraction of sp³-hybridized carbons (Fsp3) is 0.300. The van der Waals surface area contributed by atoms with Gasteiger partial charge in [-0.05, 0) is 43.5 Å². The quantitative estimate of drug-likeness (QED) is 0.846. The van der Waals surface area contributed by atoms with Crippen LogP contribution >= 0.6 is 0 Å². The van der Waals surface area contributed by atoms with E-state index in [0.717, 1.165) is 12.1 Å². The number of rotatable bonds is 3. The van der Waals surface area contributed by atoms with Crippen molar-refractivity contribution in [2.75, 3.05) is 5.32 Å². The molecule has 1 fully saturated rings. The topological polar surface area (TPSA) is 69.6 Å². The van der Waals surface area contributed by atoms with Crippen LogP contribution in [0.4, 0.5) is 5.69 Å². The summed E-state index contributed by atoms with van der Waals surface area (Å²) in [5.74, 6) is -0.602. The number of hydrogen-bond acceptors (Lipinski definition) is 4. The van der Waals surface area contributed by atoms with Gasteiger partial charge in [0.2, 0.25) is 0 Å². The number of hydrogen-bond donors (Lipinski definition) is 2. The molecule has 2 aliphatic rings. The van der Waals surface area contributed by atoms with Gasteiger partial charge in [0.25, 0.3) is 11.8 Å². The minimum atomic E-state index is -0.684. The highest BCUT2D eigenvalue weighted by atomic mass is 16.3. The van der Waals surface area contributed by atoms with E-state index >= 15 is 0 Å². The van der Waals surface area contributed by atoms with Gasteiger partial charge in [0.15, 0.2) is 0 Å². The number of aliphatic hydroxyl groups is 1. The first-order valence-electron chi connectivity index (χ1n) is 8.61. The number of carbonyl (C=O) groups excluding carboxylic acids is 2. The van der Waals surface area contributed by atoms with E-state index in [0.29, 0.717) is 24.0 Å². The molecule has 2 aromatic rings. The third-order valence-electron chi connectivity index (χ3n) is 5.08. The van der Waals surface area contributed by atoms with Crippen LogP contribution < -0.4 is 5.32 Å². The molecule has 1 heterocycles. The number of anilines is 1. The Bertz CT molecular complexity index is 771. The van der Waals surface area contributed by atoms with Crippen LogP contribution in [-0.4, -0.2) is 40.0 Å². The van der Waals surface area contributed by atoms with Crippen molar-refractivity contribution in [2.24, 2.45) is 0 Å². The van der Waals surface area contributed by atoms with Crippen LogP contribution in [0.15, 0.2) is 54.6 Å². The van der Waals surface area contributed by atoms with E-state index in [2.05, 4.69) is 5.32 Å². The van der Waals surface area contributed by atoms with E-state index in [1.54, 1.807) is 24.3 Å². The average Bonchev–Trinajstić information content (AvgIpc) is 2.89. The second kappa shape index (κ2) is 6.33. The van der Waals surface area contributed by atoms with Gasteiger partial charge in [-0.1, -0.05) is 30.3 Å². The van der Waals surface area contributed by atoms with Crippen molar-refractivity contribution in [3.05, 3.63) is 65.7 Å². The van der Waals surface area contributed by atoms with E-state index < -0.39 is 12.1 Å². The van der Waals surface area contributed by atoms with Gasteiger partial charge >= 0.3 is 0 Å². The van der Waals surface area contributed by atoms with Crippen molar-refractivity contribution in [3.8, 4) is 0 Å². The number of fused-ring (bicyclic) bond motifs is 1. The smallest absolute Gasteiger partial charge is 0.261 e. The van der Waals surface area contributed by atoms with Crippen molar-refractivity contribution in [1.29, 1.82) is 0 Å². The normalized spacial score (nSPS) is 25.8. The van der Waals surface area contributed by atoms with Gasteiger partial charge in [-0.25, -0.2) is 0 Å². The molecule has 2 N–H and O–H groups in total. The van der Waals surface area contributed by atoms with Gasteiger partial charge in [0, 0.05) is 11.7 Å². The summed E-state index contributed by atoms with van der Waals surface area (Å²) in [7, 11) is 0. The van der Waals surface area contributed by atoms with Gasteiger partial charge < -0.3 is 10.4 Å². The summed E-state index contributed by atoms with van der Waals surface area (Å²) in [6.07, 6.45) is 1.22. The zero-order chi connectivity index (χ0) is 17.4. The monoisotopic (exact) mass is 336 g/mol. The third kappa shape index (κ3) is 2.81. The Morgan fingerprint density at radius 1 is 0.880 bits per heavy atom. The number of nitrogens with zero attached hydrogens (tertiary/aromatic N) is 1. The molecule has 5 heteroatoms. The Kier molecular flexibility index (Phi) is 4.01. The van der Waals surface area contributed by atoms with E-state index in [4.69, 9.17) is 0 Å². The predicted octanol–water partition coefficient (Wildman–Crippen LogP) is 2.68. The Balaban J connectivity index is 1.55. The van der Waals surface area contributed by atoms with Gasteiger partial charge in [0.05, 0.1) is 23.3 Å². The second-order valence-corrected chi connectivity index (χ2v) is 6.68. The third-order valence-corrected chi connectivity index (χ3v) is 5.08. The summed E-state index contributed by atoms with van der Waals surface area (Å²) < 4.78 is 0. The van der Waals surface area contributed by atoms with Crippen LogP contribution in [0.3, 0.4) is 0 Å².